The Bertz CT molecular complexity index is 637. The minimum absolute atomic E-state index is 0.0303. The largest absolute Gasteiger partial charge is 0.481 e. The van der Waals surface area contributed by atoms with E-state index in [1.807, 2.05) is 0 Å². The molecule has 0 aliphatic rings. The Labute approximate surface area is 125 Å². The number of amides is 1. The molecular weight excluding hydrogens is 298 g/mol. The Morgan fingerprint density at radius 1 is 1.14 bits per heavy atom. The van der Waals surface area contributed by atoms with E-state index in [2.05, 4.69) is 20.3 Å². The average molecular weight is 310 g/mol. The Morgan fingerprint density at radius 2 is 1.76 bits per heavy atom. The monoisotopic (exact) mass is 309 g/mol. The number of anilines is 2. The zero-order chi connectivity index (χ0) is 15.4. The fourth-order valence-electron chi connectivity index (χ4n) is 1.49. The van der Waals surface area contributed by atoms with Gasteiger partial charge in [0, 0.05) is 5.56 Å². The molecule has 0 spiro atoms. The number of nitrogens with one attached hydrogen (secondary N) is 1. The van der Waals surface area contributed by atoms with E-state index in [1.54, 1.807) is 0 Å². The Morgan fingerprint density at radius 3 is 2.29 bits per heavy atom. The maximum absolute atomic E-state index is 12.1. The number of ether oxygens (including phenoxy) is 2. The van der Waals surface area contributed by atoms with E-state index in [0.717, 1.165) is 0 Å². The predicted octanol–water partition coefficient (Wildman–Crippen LogP) is 1.38. The van der Waals surface area contributed by atoms with Crippen molar-refractivity contribution in [2.75, 3.05) is 25.3 Å². The van der Waals surface area contributed by atoms with Gasteiger partial charge in [-0.25, -0.2) is 4.98 Å². The molecule has 0 saturated carbocycles. The van der Waals surface area contributed by atoms with Crippen LogP contribution in [0.1, 0.15) is 10.4 Å². The van der Waals surface area contributed by atoms with Crippen molar-refractivity contribution in [2.45, 2.75) is 0 Å². The van der Waals surface area contributed by atoms with Crippen molar-refractivity contribution in [3.8, 4) is 11.8 Å². The van der Waals surface area contributed by atoms with Gasteiger partial charge >= 0.3 is 0 Å². The highest BCUT2D eigenvalue weighted by Crippen LogP contribution is 2.18. The van der Waals surface area contributed by atoms with E-state index >= 15 is 0 Å². The first-order valence-corrected chi connectivity index (χ1v) is 6.11. The SMILES string of the molecule is COc1cc(OC)nc(NC(=O)c2cc(N)nc(Cl)c2)n1. The summed E-state index contributed by atoms with van der Waals surface area (Å²) in [5.41, 5.74) is 5.77. The number of nitrogen functional groups attached to an aromatic ring is 1. The van der Waals surface area contributed by atoms with Crippen LogP contribution in [0.15, 0.2) is 18.2 Å². The molecule has 0 aliphatic heterocycles. The van der Waals surface area contributed by atoms with Crippen LogP contribution in [-0.2, 0) is 0 Å². The van der Waals surface area contributed by atoms with Crippen molar-refractivity contribution in [1.82, 2.24) is 15.0 Å². The first-order chi connectivity index (χ1) is 10.0. The summed E-state index contributed by atoms with van der Waals surface area (Å²) >= 11 is 5.75. The molecule has 1 amide bonds. The molecule has 0 atom stereocenters. The first kappa shape index (κ1) is 14.8. The van der Waals surface area contributed by atoms with E-state index in [-0.39, 0.29) is 34.2 Å². The molecule has 2 aromatic heterocycles. The zero-order valence-electron chi connectivity index (χ0n) is 11.3. The van der Waals surface area contributed by atoms with Crippen molar-refractivity contribution < 1.29 is 14.3 Å². The number of rotatable bonds is 4. The van der Waals surface area contributed by atoms with Gasteiger partial charge in [-0.1, -0.05) is 11.6 Å². The third kappa shape index (κ3) is 3.69. The van der Waals surface area contributed by atoms with Gasteiger partial charge in [-0.05, 0) is 12.1 Å². The van der Waals surface area contributed by atoms with Gasteiger partial charge in [-0.15, -0.1) is 0 Å². The Balaban J connectivity index is 2.26. The van der Waals surface area contributed by atoms with Gasteiger partial charge in [0.1, 0.15) is 11.0 Å². The van der Waals surface area contributed by atoms with Crippen LogP contribution in [0, 0.1) is 0 Å². The van der Waals surface area contributed by atoms with Crippen LogP contribution in [0.25, 0.3) is 0 Å². The predicted molar refractivity (Wildman–Crippen MR) is 76.7 cm³/mol. The molecular formula is C12H12ClN5O3. The maximum Gasteiger partial charge on any atom is 0.258 e. The highest BCUT2D eigenvalue weighted by atomic mass is 35.5. The van der Waals surface area contributed by atoms with Crippen molar-refractivity contribution in [2.24, 2.45) is 0 Å². The smallest absolute Gasteiger partial charge is 0.258 e. The first-order valence-electron chi connectivity index (χ1n) is 5.73. The number of aromatic nitrogens is 3. The molecule has 9 heteroatoms. The number of methoxy groups -OCH3 is 2. The van der Waals surface area contributed by atoms with Gasteiger partial charge in [0.05, 0.1) is 20.3 Å². The molecule has 0 fully saturated rings. The number of nitrogens with zero attached hydrogens (tertiary/aromatic N) is 3. The number of carbonyl (C=O) groups excluding carboxylic acids is 1. The quantitative estimate of drug-likeness (QED) is 0.820. The van der Waals surface area contributed by atoms with Gasteiger partial charge in [-0.3, -0.25) is 10.1 Å². The number of nitrogens with two attached hydrogens (primary N) is 1. The molecule has 0 saturated heterocycles. The van der Waals surface area contributed by atoms with Crippen LogP contribution < -0.4 is 20.5 Å². The number of carbonyl (C=O) groups is 1. The summed E-state index contributed by atoms with van der Waals surface area (Å²) in [6.45, 7) is 0. The molecule has 0 aromatic carbocycles. The molecule has 110 valence electrons. The summed E-state index contributed by atoms with van der Waals surface area (Å²) < 4.78 is 9.98. The van der Waals surface area contributed by atoms with Crippen molar-refractivity contribution in [3.05, 3.63) is 28.9 Å². The van der Waals surface area contributed by atoms with Crippen LogP contribution in [0.2, 0.25) is 5.15 Å². The third-order valence-electron chi connectivity index (χ3n) is 2.40. The average Bonchev–Trinajstić information content (AvgIpc) is 2.45. The molecule has 0 unspecified atom stereocenters. The number of hydrogen-bond acceptors (Lipinski definition) is 7. The van der Waals surface area contributed by atoms with E-state index < -0.39 is 5.91 Å². The molecule has 21 heavy (non-hydrogen) atoms. The normalized spacial score (nSPS) is 10.0. The standard InChI is InChI=1S/C12H12ClN5O3/c1-20-9-5-10(21-2)17-12(16-9)18-11(19)6-3-7(13)15-8(14)4-6/h3-5H,1-2H3,(H2,14,15)(H,16,17,18,19). The lowest BCUT2D eigenvalue weighted by Crippen LogP contribution is -2.15. The van der Waals surface area contributed by atoms with Gasteiger partial charge in [0.15, 0.2) is 0 Å². The zero-order valence-corrected chi connectivity index (χ0v) is 12.0. The van der Waals surface area contributed by atoms with Crippen LogP contribution in [0.4, 0.5) is 11.8 Å². The van der Waals surface area contributed by atoms with Crippen LogP contribution in [0.5, 0.6) is 11.8 Å². The second kappa shape index (κ2) is 6.23. The van der Waals surface area contributed by atoms with Crippen molar-refractivity contribution in [1.29, 1.82) is 0 Å². The number of hydrogen-bond donors (Lipinski definition) is 2. The minimum atomic E-state index is -0.485. The molecule has 0 bridgehead atoms. The fraction of sp³-hybridized carbons (Fsp3) is 0.167. The molecule has 2 heterocycles. The van der Waals surface area contributed by atoms with E-state index in [0.29, 0.717) is 0 Å². The molecule has 8 nitrogen and oxygen atoms in total. The topological polar surface area (TPSA) is 112 Å². The van der Waals surface area contributed by atoms with Crippen LogP contribution in [-0.4, -0.2) is 35.1 Å². The van der Waals surface area contributed by atoms with Crippen LogP contribution in [0.3, 0.4) is 0 Å². The number of halogens is 1. The lowest BCUT2D eigenvalue weighted by atomic mass is 10.2. The maximum atomic E-state index is 12.1. The lowest BCUT2D eigenvalue weighted by molar-refractivity contribution is 0.102. The van der Waals surface area contributed by atoms with E-state index in [4.69, 9.17) is 26.8 Å². The highest BCUT2D eigenvalue weighted by molar-refractivity contribution is 6.30. The van der Waals surface area contributed by atoms with Gasteiger partial charge in [0.25, 0.3) is 5.91 Å². The summed E-state index contributed by atoms with van der Waals surface area (Å²) in [7, 11) is 2.88. The summed E-state index contributed by atoms with van der Waals surface area (Å²) in [6, 6.07) is 4.25. The molecule has 0 radical (unpaired) electrons. The molecule has 0 aliphatic carbocycles. The molecule has 2 aromatic rings. The third-order valence-corrected chi connectivity index (χ3v) is 2.59. The molecule has 3 N–H and O–H groups in total. The van der Waals surface area contributed by atoms with E-state index in [9.17, 15) is 4.79 Å². The summed E-state index contributed by atoms with van der Waals surface area (Å²) in [5.74, 6) is 0.189. The Hall–Kier alpha value is -2.61. The van der Waals surface area contributed by atoms with Gasteiger partial charge in [0.2, 0.25) is 17.7 Å². The minimum Gasteiger partial charge on any atom is -0.481 e. The van der Waals surface area contributed by atoms with Crippen LogP contribution >= 0.6 is 11.6 Å². The second-order valence-corrected chi connectivity index (χ2v) is 4.22. The summed E-state index contributed by atoms with van der Waals surface area (Å²) in [5, 5.41) is 2.61. The lowest BCUT2D eigenvalue weighted by Gasteiger charge is -2.08. The Kier molecular flexibility index (Phi) is 4.39. The van der Waals surface area contributed by atoms with Crippen molar-refractivity contribution in [3.63, 3.8) is 0 Å². The van der Waals surface area contributed by atoms with E-state index in [1.165, 1.54) is 32.4 Å². The second-order valence-electron chi connectivity index (χ2n) is 3.83. The summed E-state index contributed by atoms with van der Waals surface area (Å²) in [6.07, 6.45) is 0. The fourth-order valence-corrected chi connectivity index (χ4v) is 1.71. The number of pyridine rings is 1. The van der Waals surface area contributed by atoms with Crippen molar-refractivity contribution >= 4 is 29.3 Å². The summed E-state index contributed by atoms with van der Waals surface area (Å²) in [4.78, 5) is 23.8. The highest BCUT2D eigenvalue weighted by Gasteiger charge is 2.12. The molecule has 2 rings (SSSR count). The van der Waals surface area contributed by atoms with Gasteiger partial charge in [-0.2, -0.15) is 9.97 Å². The van der Waals surface area contributed by atoms with Gasteiger partial charge < -0.3 is 15.2 Å².